The van der Waals surface area contributed by atoms with Crippen LogP contribution in [0.25, 0.3) is 0 Å². The number of nitrogens with zero attached hydrogens (tertiary/aromatic N) is 3. The van der Waals surface area contributed by atoms with E-state index in [0.29, 0.717) is 48.0 Å². The van der Waals surface area contributed by atoms with E-state index in [2.05, 4.69) is 20.1 Å². The van der Waals surface area contributed by atoms with E-state index in [1.807, 2.05) is 57.2 Å². The van der Waals surface area contributed by atoms with Crippen LogP contribution < -0.4 is 14.5 Å². The van der Waals surface area contributed by atoms with E-state index in [1.165, 1.54) is 0 Å². The molecule has 46 heavy (non-hydrogen) atoms. The Balaban J connectivity index is 1.62. The van der Waals surface area contributed by atoms with Gasteiger partial charge in [0, 0.05) is 23.5 Å². The molecule has 3 aliphatic rings. The molecule has 1 N–H and O–H groups in total. The third-order valence-corrected chi connectivity index (χ3v) is 12.2. The predicted octanol–water partition coefficient (Wildman–Crippen LogP) is 6.04. The van der Waals surface area contributed by atoms with E-state index >= 15 is 0 Å². The maximum absolute atomic E-state index is 15.0. The number of para-hydroxylation sites is 1. The first-order valence-corrected chi connectivity index (χ1v) is 17.2. The minimum absolute atomic E-state index is 0.172. The first-order valence-electron chi connectivity index (χ1n) is 16.0. The standard InChI is InChI=1S/C36H44ClN3O5S/c1-7-20-38(25-14-16-26(17-15-25)45-10-4)32(42)28-29-33(43)40(24(9-3)22-41)31(36(29)19-18-35(28,6)46-36)34(44)39(21-8-2)30-23(5)12-11-13-27(30)37/h7-8,11-17,24,28-29,31,41H,1-2,9-10,18-22H2,3-6H3/t24-,28+,29-,31?,35-,36?/m0/s1. The fourth-order valence-corrected chi connectivity index (χ4v) is 10.5. The van der Waals surface area contributed by atoms with Crippen LogP contribution in [0.15, 0.2) is 67.8 Å². The van der Waals surface area contributed by atoms with Crippen LogP contribution in [-0.2, 0) is 14.4 Å². The number of hydrogen-bond donors (Lipinski definition) is 1. The van der Waals surface area contributed by atoms with Gasteiger partial charge < -0.3 is 24.5 Å². The maximum Gasteiger partial charge on any atom is 0.251 e. The minimum Gasteiger partial charge on any atom is -0.494 e. The molecule has 8 nitrogen and oxygen atoms in total. The molecule has 0 aromatic heterocycles. The van der Waals surface area contributed by atoms with Gasteiger partial charge in [0.1, 0.15) is 11.8 Å². The second kappa shape index (κ2) is 13.5. The third kappa shape index (κ3) is 5.44. The second-order valence-corrected chi connectivity index (χ2v) is 14.8. The lowest BCUT2D eigenvalue weighted by molar-refractivity contribution is -0.142. The largest absolute Gasteiger partial charge is 0.494 e. The molecule has 3 amide bonds. The average Bonchev–Trinajstić information content (AvgIpc) is 3.61. The monoisotopic (exact) mass is 665 g/mol. The van der Waals surface area contributed by atoms with Crippen LogP contribution in [0.5, 0.6) is 5.75 Å². The summed E-state index contributed by atoms with van der Waals surface area (Å²) in [7, 11) is 0. The summed E-state index contributed by atoms with van der Waals surface area (Å²) < 4.78 is 4.18. The number of fused-ring (bicyclic) bond motifs is 1. The number of benzene rings is 2. The molecule has 3 saturated heterocycles. The van der Waals surface area contributed by atoms with Crippen molar-refractivity contribution < 1.29 is 24.2 Å². The van der Waals surface area contributed by atoms with E-state index in [1.54, 1.807) is 44.7 Å². The van der Waals surface area contributed by atoms with E-state index in [0.717, 1.165) is 5.56 Å². The van der Waals surface area contributed by atoms with Crippen molar-refractivity contribution in [1.82, 2.24) is 4.90 Å². The smallest absolute Gasteiger partial charge is 0.251 e. The minimum atomic E-state index is -0.902. The highest BCUT2D eigenvalue weighted by Crippen LogP contribution is 2.72. The summed E-state index contributed by atoms with van der Waals surface area (Å²) in [6, 6.07) is 11.3. The van der Waals surface area contributed by atoms with Crippen molar-refractivity contribution >= 4 is 52.5 Å². The van der Waals surface area contributed by atoms with Gasteiger partial charge in [-0.25, -0.2) is 0 Å². The Bertz CT molecular complexity index is 1490. The Morgan fingerprint density at radius 2 is 1.78 bits per heavy atom. The Morgan fingerprint density at radius 1 is 1.11 bits per heavy atom. The fraction of sp³-hybridized carbons (Fsp3) is 0.472. The van der Waals surface area contributed by atoms with Crippen LogP contribution in [0, 0.1) is 18.8 Å². The third-order valence-electron chi connectivity index (χ3n) is 9.86. The molecule has 0 saturated carbocycles. The van der Waals surface area contributed by atoms with E-state index in [4.69, 9.17) is 16.3 Å². The Kier molecular flexibility index (Phi) is 9.97. The van der Waals surface area contributed by atoms with Gasteiger partial charge in [-0.15, -0.1) is 24.9 Å². The van der Waals surface area contributed by atoms with Gasteiger partial charge in [0.05, 0.1) is 46.5 Å². The van der Waals surface area contributed by atoms with Crippen molar-refractivity contribution in [1.29, 1.82) is 0 Å². The fourth-order valence-electron chi connectivity index (χ4n) is 7.87. The number of amides is 3. The van der Waals surface area contributed by atoms with Crippen molar-refractivity contribution in [2.24, 2.45) is 11.8 Å². The average molecular weight is 666 g/mol. The second-order valence-electron chi connectivity index (χ2n) is 12.5. The van der Waals surface area contributed by atoms with Crippen LogP contribution >= 0.6 is 23.4 Å². The number of thioether (sulfide) groups is 1. The molecule has 1 spiro atoms. The van der Waals surface area contributed by atoms with Crippen LogP contribution in [0.2, 0.25) is 5.02 Å². The molecule has 3 aliphatic heterocycles. The summed E-state index contributed by atoms with van der Waals surface area (Å²) in [6.07, 6.45) is 5.05. The molecular weight excluding hydrogens is 622 g/mol. The number of aliphatic hydroxyl groups excluding tert-OH is 1. The van der Waals surface area contributed by atoms with Crippen molar-refractivity contribution in [2.75, 3.05) is 36.1 Å². The van der Waals surface area contributed by atoms with E-state index < -0.39 is 33.4 Å². The number of anilines is 2. The number of ether oxygens (including phenoxy) is 1. The molecule has 10 heteroatoms. The molecule has 2 aromatic rings. The van der Waals surface area contributed by atoms with Crippen molar-refractivity contribution in [2.45, 2.75) is 68.5 Å². The highest BCUT2D eigenvalue weighted by molar-refractivity contribution is 8.02. The van der Waals surface area contributed by atoms with Crippen LogP contribution in [-0.4, -0.2) is 75.6 Å². The number of aryl methyl sites for hydroxylation is 1. The van der Waals surface area contributed by atoms with E-state index in [9.17, 15) is 19.5 Å². The van der Waals surface area contributed by atoms with Crippen molar-refractivity contribution in [3.05, 3.63) is 78.4 Å². The van der Waals surface area contributed by atoms with Crippen molar-refractivity contribution in [3.8, 4) is 5.75 Å². The zero-order valence-corrected chi connectivity index (χ0v) is 28.7. The number of halogens is 1. The number of hydrogen-bond acceptors (Lipinski definition) is 6. The first-order chi connectivity index (χ1) is 22.0. The number of carbonyl (C=O) groups is 3. The molecule has 3 fully saturated rings. The normalized spacial score (nSPS) is 26.9. The van der Waals surface area contributed by atoms with Crippen LogP contribution in [0.4, 0.5) is 11.4 Å². The lowest BCUT2D eigenvalue weighted by Gasteiger charge is -2.40. The molecule has 2 bridgehead atoms. The molecule has 3 heterocycles. The summed E-state index contributed by atoms with van der Waals surface area (Å²) in [5.41, 5.74) is 2.07. The van der Waals surface area contributed by atoms with Crippen LogP contribution in [0.1, 0.15) is 45.6 Å². The summed E-state index contributed by atoms with van der Waals surface area (Å²) >= 11 is 8.30. The van der Waals surface area contributed by atoms with Gasteiger partial charge in [-0.1, -0.05) is 42.8 Å². The van der Waals surface area contributed by atoms with Gasteiger partial charge in [-0.3, -0.25) is 14.4 Å². The number of carbonyl (C=O) groups excluding carboxylic acids is 3. The van der Waals surface area contributed by atoms with Gasteiger partial charge in [0.2, 0.25) is 11.8 Å². The predicted molar refractivity (Wildman–Crippen MR) is 186 cm³/mol. The zero-order valence-electron chi connectivity index (χ0n) is 27.1. The number of aliphatic hydroxyl groups is 1. The van der Waals surface area contributed by atoms with Gasteiger partial charge in [-0.2, -0.15) is 0 Å². The van der Waals surface area contributed by atoms with E-state index in [-0.39, 0.29) is 37.4 Å². The molecule has 0 aliphatic carbocycles. The zero-order chi connectivity index (χ0) is 33.4. The molecule has 6 atom stereocenters. The SMILES string of the molecule is C=CCN(C(=O)[C@H]1[C@H]2C(=O)N([C@@H](CC)CO)C(C(=O)N(CC=C)c3c(C)cccc3Cl)C23CC[C@]1(C)S3)c1ccc(OCC)cc1. The molecular formula is C36H44ClN3O5S. The number of likely N-dealkylation sites (tertiary alicyclic amines) is 1. The van der Waals surface area contributed by atoms with Gasteiger partial charge in [0.15, 0.2) is 0 Å². The first kappa shape index (κ1) is 34.1. The maximum atomic E-state index is 15.0. The Morgan fingerprint density at radius 3 is 2.37 bits per heavy atom. The van der Waals surface area contributed by atoms with Crippen molar-refractivity contribution in [3.63, 3.8) is 0 Å². The summed E-state index contributed by atoms with van der Waals surface area (Å²) in [5, 5.41) is 10.9. The number of rotatable bonds is 13. The Hall–Kier alpha value is -3.27. The molecule has 246 valence electrons. The summed E-state index contributed by atoms with van der Waals surface area (Å²) in [5.74, 6) is -1.43. The van der Waals surface area contributed by atoms with Gasteiger partial charge in [0.25, 0.3) is 5.91 Å². The summed E-state index contributed by atoms with van der Waals surface area (Å²) in [6.45, 7) is 16.3. The molecule has 2 aromatic carbocycles. The van der Waals surface area contributed by atoms with Gasteiger partial charge in [-0.05, 0) is 75.9 Å². The lowest BCUT2D eigenvalue weighted by atomic mass is 9.66. The quantitative estimate of drug-likeness (QED) is 0.263. The summed E-state index contributed by atoms with van der Waals surface area (Å²) in [4.78, 5) is 49.4. The lowest BCUT2D eigenvalue weighted by Crippen LogP contribution is -2.57. The highest BCUT2D eigenvalue weighted by Gasteiger charge is 2.78. The molecule has 5 rings (SSSR count). The van der Waals surface area contributed by atoms with Crippen LogP contribution in [0.3, 0.4) is 0 Å². The molecule has 0 radical (unpaired) electrons. The molecule has 2 unspecified atom stereocenters. The highest BCUT2D eigenvalue weighted by atomic mass is 35.5. The van der Waals surface area contributed by atoms with Gasteiger partial charge >= 0.3 is 0 Å². The Labute approximate surface area is 281 Å². The topological polar surface area (TPSA) is 90.4 Å².